The maximum atomic E-state index is 12.7. The van der Waals surface area contributed by atoms with Gasteiger partial charge in [0.1, 0.15) is 13.2 Å². The third kappa shape index (κ3) is 42.5. The van der Waals surface area contributed by atoms with Crippen LogP contribution in [0.5, 0.6) is 0 Å². The van der Waals surface area contributed by atoms with Gasteiger partial charge in [0, 0.05) is 19.3 Å². The molecule has 0 radical (unpaired) electrons. The molecule has 0 N–H and O–H groups in total. The lowest BCUT2D eigenvalue weighted by Crippen LogP contribution is -2.30. The first-order chi connectivity index (χ1) is 27.5. The molecule has 0 rings (SSSR count). The van der Waals surface area contributed by atoms with Crippen LogP contribution in [0.3, 0.4) is 0 Å². The first-order valence-corrected chi connectivity index (χ1v) is 23.7. The Morgan fingerprint density at radius 1 is 0.357 bits per heavy atom. The largest absolute Gasteiger partial charge is 0.462 e. The van der Waals surface area contributed by atoms with E-state index in [4.69, 9.17) is 14.2 Å². The van der Waals surface area contributed by atoms with E-state index in [0.717, 1.165) is 96.3 Å². The van der Waals surface area contributed by atoms with Crippen molar-refractivity contribution in [2.45, 2.75) is 239 Å². The summed E-state index contributed by atoms with van der Waals surface area (Å²) in [6.45, 7) is 6.51. The van der Waals surface area contributed by atoms with Crippen LogP contribution in [0.15, 0.2) is 48.6 Å². The zero-order chi connectivity index (χ0) is 40.8. The minimum Gasteiger partial charge on any atom is -0.462 e. The van der Waals surface area contributed by atoms with Gasteiger partial charge in [-0.15, -0.1) is 0 Å². The standard InChI is InChI=1S/C50H88O6/c1-4-7-10-13-16-19-22-24-26-28-31-34-37-40-43-49(52)55-46-47(45-54-48(51)42-39-36-33-30-27-21-18-15-12-9-6-3)56-50(53)44-41-38-35-32-29-25-23-20-17-14-11-8-5-2/h15,18,21,25-29,47H,4-14,16-17,19-20,22-24,30-46H2,1-3H3/b18-15-,27-21-,28-26-,29-25-. The number of rotatable bonds is 42. The second-order valence-electron chi connectivity index (χ2n) is 15.7. The van der Waals surface area contributed by atoms with Crippen LogP contribution >= 0.6 is 0 Å². The normalized spacial score (nSPS) is 12.4. The van der Waals surface area contributed by atoms with E-state index in [2.05, 4.69) is 69.4 Å². The van der Waals surface area contributed by atoms with Crippen molar-refractivity contribution in [1.82, 2.24) is 0 Å². The van der Waals surface area contributed by atoms with E-state index in [1.807, 2.05) is 0 Å². The summed E-state index contributed by atoms with van der Waals surface area (Å²) in [7, 11) is 0. The molecular weight excluding hydrogens is 697 g/mol. The van der Waals surface area contributed by atoms with Gasteiger partial charge in [0.05, 0.1) is 0 Å². The first-order valence-electron chi connectivity index (χ1n) is 23.7. The molecule has 324 valence electrons. The van der Waals surface area contributed by atoms with Crippen LogP contribution in [0.4, 0.5) is 0 Å². The highest BCUT2D eigenvalue weighted by Crippen LogP contribution is 2.13. The molecule has 6 heteroatoms. The fourth-order valence-corrected chi connectivity index (χ4v) is 6.41. The lowest BCUT2D eigenvalue weighted by molar-refractivity contribution is -0.167. The summed E-state index contributed by atoms with van der Waals surface area (Å²) >= 11 is 0. The SMILES string of the molecule is CCCC/C=C\C=C/CCCCCC(=O)OCC(COC(=O)CCCCC/C=C\CCCCCCCCC)OC(=O)CCCCC/C=C\CCCCCCCC. The second-order valence-corrected chi connectivity index (χ2v) is 15.7. The molecule has 0 amide bonds. The lowest BCUT2D eigenvalue weighted by atomic mass is 10.1. The quantitative estimate of drug-likeness (QED) is 0.0202. The molecule has 0 aromatic heterocycles. The zero-order valence-corrected chi connectivity index (χ0v) is 36.9. The zero-order valence-electron chi connectivity index (χ0n) is 36.9. The molecule has 0 aliphatic rings. The molecule has 56 heavy (non-hydrogen) atoms. The van der Waals surface area contributed by atoms with Gasteiger partial charge in [-0.05, 0) is 89.9 Å². The Balaban J connectivity index is 4.45. The lowest BCUT2D eigenvalue weighted by Gasteiger charge is -2.18. The molecule has 0 aliphatic heterocycles. The van der Waals surface area contributed by atoms with Crippen LogP contribution < -0.4 is 0 Å². The molecule has 0 fully saturated rings. The van der Waals surface area contributed by atoms with Crippen molar-refractivity contribution >= 4 is 17.9 Å². The summed E-state index contributed by atoms with van der Waals surface area (Å²) in [5.41, 5.74) is 0. The minimum atomic E-state index is -0.794. The molecule has 1 atom stereocenters. The van der Waals surface area contributed by atoms with E-state index in [1.54, 1.807) is 0 Å². The highest BCUT2D eigenvalue weighted by atomic mass is 16.6. The predicted molar refractivity (Wildman–Crippen MR) is 238 cm³/mol. The molecule has 0 bridgehead atoms. The number of esters is 3. The summed E-state index contributed by atoms with van der Waals surface area (Å²) in [6, 6.07) is 0. The smallest absolute Gasteiger partial charge is 0.306 e. The average molecular weight is 785 g/mol. The predicted octanol–water partition coefficient (Wildman–Crippen LogP) is 15.1. The van der Waals surface area contributed by atoms with Crippen molar-refractivity contribution < 1.29 is 28.6 Å². The summed E-state index contributed by atoms with van der Waals surface area (Å²) < 4.78 is 16.7. The molecule has 0 saturated carbocycles. The van der Waals surface area contributed by atoms with Gasteiger partial charge in [0.25, 0.3) is 0 Å². The van der Waals surface area contributed by atoms with Crippen molar-refractivity contribution in [2.24, 2.45) is 0 Å². The Bertz CT molecular complexity index is 996. The van der Waals surface area contributed by atoms with Crippen molar-refractivity contribution in [1.29, 1.82) is 0 Å². The second kappa shape index (κ2) is 45.1. The maximum absolute atomic E-state index is 12.7. The summed E-state index contributed by atoms with van der Waals surface area (Å²) in [5, 5.41) is 0. The summed E-state index contributed by atoms with van der Waals surface area (Å²) in [4.78, 5) is 37.7. The van der Waals surface area contributed by atoms with Crippen molar-refractivity contribution in [2.75, 3.05) is 13.2 Å². The van der Waals surface area contributed by atoms with Gasteiger partial charge < -0.3 is 14.2 Å². The van der Waals surface area contributed by atoms with Crippen LogP contribution in [-0.2, 0) is 28.6 Å². The van der Waals surface area contributed by atoms with Crippen molar-refractivity contribution in [3.05, 3.63) is 48.6 Å². The molecule has 1 unspecified atom stereocenters. The molecular formula is C50H88O6. The fourth-order valence-electron chi connectivity index (χ4n) is 6.41. The number of hydrogen-bond donors (Lipinski definition) is 0. The molecule has 0 heterocycles. The number of allylic oxidation sites excluding steroid dienone is 8. The maximum Gasteiger partial charge on any atom is 0.306 e. The molecule has 0 aliphatic carbocycles. The molecule has 0 aromatic carbocycles. The molecule has 0 aromatic rings. The third-order valence-corrected chi connectivity index (χ3v) is 10.1. The van der Waals surface area contributed by atoms with E-state index < -0.39 is 6.10 Å². The fraction of sp³-hybridized carbons (Fsp3) is 0.780. The van der Waals surface area contributed by atoms with Crippen LogP contribution in [0.2, 0.25) is 0 Å². The van der Waals surface area contributed by atoms with Crippen LogP contribution in [0, 0.1) is 0 Å². The Labute approximate surface area is 346 Å². The Kier molecular flexibility index (Phi) is 43.0. The van der Waals surface area contributed by atoms with E-state index in [1.165, 1.54) is 96.3 Å². The topological polar surface area (TPSA) is 78.9 Å². The molecule has 0 saturated heterocycles. The Morgan fingerprint density at radius 3 is 1.05 bits per heavy atom. The Hall–Kier alpha value is -2.63. The monoisotopic (exact) mass is 785 g/mol. The first kappa shape index (κ1) is 53.4. The number of unbranched alkanes of at least 4 members (excludes halogenated alkanes) is 24. The highest BCUT2D eigenvalue weighted by Gasteiger charge is 2.19. The van der Waals surface area contributed by atoms with Crippen molar-refractivity contribution in [3.8, 4) is 0 Å². The van der Waals surface area contributed by atoms with Gasteiger partial charge in [-0.1, -0.05) is 172 Å². The number of hydrogen-bond acceptors (Lipinski definition) is 6. The van der Waals surface area contributed by atoms with E-state index in [9.17, 15) is 14.4 Å². The Morgan fingerprint density at radius 2 is 0.661 bits per heavy atom. The van der Waals surface area contributed by atoms with Crippen LogP contribution in [0.25, 0.3) is 0 Å². The number of ether oxygens (including phenoxy) is 3. The van der Waals surface area contributed by atoms with E-state index in [0.29, 0.717) is 19.3 Å². The van der Waals surface area contributed by atoms with E-state index in [-0.39, 0.29) is 31.1 Å². The summed E-state index contributed by atoms with van der Waals surface area (Å²) in [6.07, 6.45) is 52.4. The van der Waals surface area contributed by atoms with E-state index >= 15 is 0 Å². The van der Waals surface area contributed by atoms with Gasteiger partial charge in [-0.2, -0.15) is 0 Å². The van der Waals surface area contributed by atoms with Gasteiger partial charge >= 0.3 is 17.9 Å². The minimum absolute atomic E-state index is 0.0954. The van der Waals surface area contributed by atoms with Crippen LogP contribution in [0.1, 0.15) is 233 Å². The highest BCUT2D eigenvalue weighted by molar-refractivity contribution is 5.71. The number of carbonyl (C=O) groups is 3. The summed E-state index contributed by atoms with van der Waals surface area (Å²) in [5.74, 6) is -0.955. The average Bonchev–Trinajstić information content (AvgIpc) is 3.19. The molecule has 6 nitrogen and oxygen atoms in total. The molecule has 0 spiro atoms. The third-order valence-electron chi connectivity index (χ3n) is 10.1. The van der Waals surface area contributed by atoms with Crippen molar-refractivity contribution in [3.63, 3.8) is 0 Å². The number of carbonyl (C=O) groups excluding carboxylic acids is 3. The van der Waals surface area contributed by atoms with Gasteiger partial charge in [-0.25, -0.2) is 0 Å². The van der Waals surface area contributed by atoms with Gasteiger partial charge in [0.2, 0.25) is 0 Å². The van der Waals surface area contributed by atoms with Gasteiger partial charge in [0.15, 0.2) is 6.10 Å². The van der Waals surface area contributed by atoms with Crippen LogP contribution in [-0.4, -0.2) is 37.2 Å². The van der Waals surface area contributed by atoms with Gasteiger partial charge in [-0.3, -0.25) is 14.4 Å².